The molecule has 1 aromatic rings. The Morgan fingerprint density at radius 3 is 2.71 bits per heavy atom. The first-order valence-corrected chi connectivity index (χ1v) is 11.3. The summed E-state index contributed by atoms with van der Waals surface area (Å²) in [6, 6.07) is 8.29. The highest BCUT2D eigenvalue weighted by molar-refractivity contribution is 5.86. The summed E-state index contributed by atoms with van der Waals surface area (Å²) in [4.78, 5) is 20.6. The van der Waals surface area contributed by atoms with Gasteiger partial charge in [-0.25, -0.2) is 4.99 Å². The minimum absolute atomic E-state index is 0.00333. The molecule has 3 rings (SSSR count). The quantitative estimate of drug-likeness (QED) is 0.419. The van der Waals surface area contributed by atoms with Gasteiger partial charge in [0.2, 0.25) is 5.91 Å². The van der Waals surface area contributed by atoms with E-state index >= 15 is 0 Å². The van der Waals surface area contributed by atoms with Crippen LogP contribution in [-0.2, 0) is 22.6 Å². The number of likely N-dealkylation sites (tertiary alicyclic amines) is 1. The van der Waals surface area contributed by atoms with Crippen LogP contribution in [0.3, 0.4) is 0 Å². The van der Waals surface area contributed by atoms with Crippen molar-refractivity contribution < 1.29 is 14.6 Å². The molecule has 2 aliphatic rings. The first-order chi connectivity index (χ1) is 15.0. The lowest BCUT2D eigenvalue weighted by Crippen LogP contribution is -2.45. The molecular formula is C23H37N5O3. The van der Waals surface area contributed by atoms with Gasteiger partial charge in [0.15, 0.2) is 5.96 Å². The summed E-state index contributed by atoms with van der Waals surface area (Å²) in [6.45, 7) is 4.65. The van der Waals surface area contributed by atoms with E-state index in [4.69, 9.17) is 9.73 Å². The van der Waals surface area contributed by atoms with Gasteiger partial charge < -0.3 is 25.4 Å². The van der Waals surface area contributed by atoms with Crippen molar-refractivity contribution in [3.8, 4) is 0 Å². The van der Waals surface area contributed by atoms with Gasteiger partial charge in [0, 0.05) is 46.9 Å². The maximum absolute atomic E-state index is 12.0. The Labute approximate surface area is 185 Å². The van der Waals surface area contributed by atoms with Crippen LogP contribution in [0.5, 0.6) is 0 Å². The fourth-order valence-electron chi connectivity index (χ4n) is 3.90. The molecule has 2 fully saturated rings. The number of hydrogen-bond acceptors (Lipinski definition) is 5. The molecular weight excluding hydrogens is 394 g/mol. The Bertz CT molecular complexity index is 734. The van der Waals surface area contributed by atoms with E-state index in [0.717, 1.165) is 51.1 Å². The zero-order chi connectivity index (χ0) is 22.1. The highest BCUT2D eigenvalue weighted by Gasteiger charge is 2.21. The normalized spacial score (nSPS) is 22.4. The van der Waals surface area contributed by atoms with Crippen LogP contribution in [0.4, 0.5) is 0 Å². The van der Waals surface area contributed by atoms with Crippen LogP contribution in [0.15, 0.2) is 29.3 Å². The van der Waals surface area contributed by atoms with Gasteiger partial charge in [-0.2, -0.15) is 0 Å². The van der Waals surface area contributed by atoms with E-state index in [-0.39, 0.29) is 24.7 Å². The second kappa shape index (κ2) is 12.0. The van der Waals surface area contributed by atoms with Crippen molar-refractivity contribution in [1.82, 2.24) is 20.4 Å². The number of β-amino-alcohol motifs (C(OH)–C–C–N with tert-alkyl or cyclic N) is 1. The minimum Gasteiger partial charge on any atom is -0.392 e. The Kier molecular flexibility index (Phi) is 9.12. The van der Waals surface area contributed by atoms with E-state index in [0.29, 0.717) is 19.0 Å². The highest BCUT2D eigenvalue weighted by atomic mass is 16.5. The number of aliphatic hydroxyl groups is 1. The molecule has 2 aliphatic heterocycles. The van der Waals surface area contributed by atoms with Crippen molar-refractivity contribution in [3.05, 3.63) is 35.4 Å². The standard InChI is InChI=1S/C23H37N5O3/c1-27(2)22(30)15-26-23(25-14-21-9-5-6-12-31-21)24-13-18-7-3-4-8-19(18)16-28-11-10-20(29)17-28/h3-4,7-8,20-21,29H,5-6,9-17H2,1-2H3,(H2,24,25,26). The zero-order valence-electron chi connectivity index (χ0n) is 18.8. The van der Waals surface area contributed by atoms with E-state index in [1.807, 2.05) is 12.1 Å². The molecule has 8 nitrogen and oxygen atoms in total. The minimum atomic E-state index is -0.221. The molecule has 0 spiro atoms. The van der Waals surface area contributed by atoms with Crippen molar-refractivity contribution in [3.63, 3.8) is 0 Å². The number of guanidine groups is 1. The summed E-state index contributed by atoms with van der Waals surface area (Å²) in [5.74, 6) is 0.618. The van der Waals surface area contributed by atoms with Crippen molar-refractivity contribution >= 4 is 11.9 Å². The maximum atomic E-state index is 12.0. The molecule has 172 valence electrons. The fraction of sp³-hybridized carbons (Fsp3) is 0.652. The van der Waals surface area contributed by atoms with Crippen molar-refractivity contribution in [2.45, 2.75) is 51.0 Å². The fourth-order valence-corrected chi connectivity index (χ4v) is 3.90. The van der Waals surface area contributed by atoms with Crippen LogP contribution in [-0.4, -0.2) is 85.9 Å². The van der Waals surface area contributed by atoms with E-state index in [1.54, 1.807) is 19.0 Å². The Balaban J connectivity index is 1.63. The van der Waals surface area contributed by atoms with Gasteiger partial charge in [0.05, 0.1) is 25.3 Å². The summed E-state index contributed by atoms with van der Waals surface area (Å²) in [7, 11) is 3.49. The molecule has 2 unspecified atom stereocenters. The van der Waals surface area contributed by atoms with Gasteiger partial charge in [-0.15, -0.1) is 0 Å². The number of carbonyl (C=O) groups excluding carboxylic acids is 1. The molecule has 0 aliphatic carbocycles. The van der Waals surface area contributed by atoms with Crippen molar-refractivity contribution in [1.29, 1.82) is 0 Å². The van der Waals surface area contributed by atoms with Crippen LogP contribution >= 0.6 is 0 Å². The molecule has 1 amide bonds. The molecule has 0 bridgehead atoms. The number of carbonyl (C=O) groups is 1. The number of nitrogens with zero attached hydrogens (tertiary/aromatic N) is 3. The third-order valence-electron chi connectivity index (χ3n) is 5.84. The largest absolute Gasteiger partial charge is 0.392 e. The molecule has 0 saturated carbocycles. The average molecular weight is 432 g/mol. The lowest BCUT2D eigenvalue weighted by molar-refractivity contribution is -0.127. The summed E-state index contributed by atoms with van der Waals surface area (Å²) in [5.41, 5.74) is 2.37. The van der Waals surface area contributed by atoms with Gasteiger partial charge in [-0.3, -0.25) is 9.69 Å². The van der Waals surface area contributed by atoms with Crippen LogP contribution in [0.25, 0.3) is 0 Å². The summed E-state index contributed by atoms with van der Waals surface area (Å²) >= 11 is 0. The van der Waals surface area contributed by atoms with Crippen molar-refractivity contribution in [2.75, 3.05) is 46.9 Å². The molecule has 8 heteroatoms. The van der Waals surface area contributed by atoms with Crippen LogP contribution < -0.4 is 10.6 Å². The number of amides is 1. The zero-order valence-corrected chi connectivity index (χ0v) is 18.8. The summed E-state index contributed by atoms with van der Waals surface area (Å²) < 4.78 is 5.81. The Morgan fingerprint density at radius 2 is 2.03 bits per heavy atom. The van der Waals surface area contributed by atoms with Gasteiger partial charge in [0.25, 0.3) is 0 Å². The Morgan fingerprint density at radius 1 is 1.23 bits per heavy atom. The number of ether oxygens (including phenoxy) is 1. The van der Waals surface area contributed by atoms with E-state index in [1.165, 1.54) is 12.0 Å². The average Bonchev–Trinajstić information content (AvgIpc) is 3.19. The molecule has 2 saturated heterocycles. The Hall–Kier alpha value is -2.16. The topological polar surface area (TPSA) is 89.4 Å². The number of likely N-dealkylation sites (N-methyl/N-ethyl adjacent to an activating group) is 1. The number of hydrogen-bond donors (Lipinski definition) is 3. The smallest absolute Gasteiger partial charge is 0.241 e. The molecule has 0 radical (unpaired) electrons. The number of nitrogens with one attached hydrogen (secondary N) is 2. The molecule has 3 N–H and O–H groups in total. The maximum Gasteiger partial charge on any atom is 0.241 e. The first-order valence-electron chi connectivity index (χ1n) is 11.3. The predicted octanol–water partition coefficient (Wildman–Crippen LogP) is 0.946. The number of aliphatic imine (C=N–C) groups is 1. The van der Waals surface area contributed by atoms with Crippen LogP contribution in [0.1, 0.15) is 36.8 Å². The van der Waals surface area contributed by atoms with E-state index in [2.05, 4.69) is 27.7 Å². The second-order valence-corrected chi connectivity index (χ2v) is 8.62. The van der Waals surface area contributed by atoms with Crippen molar-refractivity contribution in [2.24, 2.45) is 4.99 Å². The number of rotatable bonds is 8. The lowest BCUT2D eigenvalue weighted by atomic mass is 10.1. The third kappa shape index (κ3) is 7.79. The van der Waals surface area contributed by atoms with Gasteiger partial charge >= 0.3 is 0 Å². The molecule has 2 atom stereocenters. The number of aliphatic hydroxyl groups excluding tert-OH is 1. The van der Waals surface area contributed by atoms with E-state index in [9.17, 15) is 9.90 Å². The third-order valence-corrected chi connectivity index (χ3v) is 5.84. The van der Waals surface area contributed by atoms with Crippen LogP contribution in [0.2, 0.25) is 0 Å². The molecule has 2 heterocycles. The second-order valence-electron chi connectivity index (χ2n) is 8.62. The SMILES string of the molecule is CN(C)C(=O)CNC(=NCc1ccccc1CN1CCC(O)C1)NCC1CCCCO1. The van der Waals surface area contributed by atoms with Gasteiger partial charge in [0.1, 0.15) is 0 Å². The lowest BCUT2D eigenvalue weighted by Gasteiger charge is -2.24. The molecule has 31 heavy (non-hydrogen) atoms. The molecule has 0 aromatic heterocycles. The van der Waals surface area contributed by atoms with Crippen LogP contribution in [0, 0.1) is 0 Å². The van der Waals surface area contributed by atoms with Gasteiger partial charge in [-0.1, -0.05) is 24.3 Å². The van der Waals surface area contributed by atoms with E-state index < -0.39 is 0 Å². The summed E-state index contributed by atoms with van der Waals surface area (Å²) in [5, 5.41) is 16.3. The first kappa shape index (κ1) is 23.5. The number of benzene rings is 1. The summed E-state index contributed by atoms with van der Waals surface area (Å²) in [6.07, 6.45) is 4.14. The predicted molar refractivity (Wildman–Crippen MR) is 122 cm³/mol. The highest BCUT2D eigenvalue weighted by Crippen LogP contribution is 2.17. The monoisotopic (exact) mass is 431 g/mol. The molecule has 1 aromatic carbocycles. The van der Waals surface area contributed by atoms with Gasteiger partial charge in [-0.05, 0) is 36.8 Å².